The monoisotopic (exact) mass is 404 g/mol. The van der Waals surface area contributed by atoms with E-state index in [1.54, 1.807) is 6.20 Å². The van der Waals surface area contributed by atoms with Crippen molar-refractivity contribution in [3.8, 4) is 11.4 Å². The molecule has 0 bridgehead atoms. The van der Waals surface area contributed by atoms with E-state index < -0.39 is 0 Å². The van der Waals surface area contributed by atoms with Crippen LogP contribution in [0.1, 0.15) is 36.8 Å². The highest BCUT2D eigenvalue weighted by atomic mass is 16.2. The third kappa shape index (κ3) is 3.55. The summed E-state index contributed by atoms with van der Waals surface area (Å²) in [5.41, 5.74) is 3.60. The number of benzene rings is 1. The van der Waals surface area contributed by atoms with Crippen molar-refractivity contribution in [1.29, 1.82) is 0 Å². The number of rotatable bonds is 4. The standard InChI is InChI=1S/C24H28N4O2/c1-15-10-16(2)21-19(11-15)12-20(23(29)26-21)22-25-7-9-27(22)13-17-4-3-8-28(14-17)24(30)18-5-6-18/h7,9-12,17-18H,3-6,8,13-14H2,1-2H3,(H,26,29). The lowest BCUT2D eigenvalue weighted by atomic mass is 9.97. The topological polar surface area (TPSA) is 71.0 Å². The van der Waals surface area contributed by atoms with Crippen molar-refractivity contribution in [3.63, 3.8) is 0 Å². The Balaban J connectivity index is 1.43. The lowest BCUT2D eigenvalue weighted by Crippen LogP contribution is -2.41. The quantitative estimate of drug-likeness (QED) is 0.721. The fraction of sp³-hybridized carbons (Fsp3) is 0.458. The van der Waals surface area contributed by atoms with Crippen molar-refractivity contribution in [2.45, 2.75) is 46.1 Å². The average Bonchev–Trinajstić information content (AvgIpc) is 3.48. The van der Waals surface area contributed by atoms with E-state index >= 15 is 0 Å². The molecular formula is C24H28N4O2. The van der Waals surface area contributed by atoms with Gasteiger partial charge in [0, 0.05) is 37.9 Å². The molecule has 6 nitrogen and oxygen atoms in total. The van der Waals surface area contributed by atoms with Crippen molar-refractivity contribution in [3.05, 3.63) is 52.1 Å². The van der Waals surface area contributed by atoms with Crippen LogP contribution in [0.15, 0.2) is 35.4 Å². The predicted molar refractivity (Wildman–Crippen MR) is 117 cm³/mol. The number of nitrogens with one attached hydrogen (secondary N) is 1. The minimum atomic E-state index is -0.115. The molecule has 1 aliphatic carbocycles. The molecule has 156 valence electrons. The Hall–Kier alpha value is -2.89. The zero-order chi connectivity index (χ0) is 20.8. The van der Waals surface area contributed by atoms with Gasteiger partial charge in [-0.3, -0.25) is 9.59 Å². The molecule has 1 N–H and O–H groups in total. The van der Waals surface area contributed by atoms with Gasteiger partial charge in [0.25, 0.3) is 5.56 Å². The molecule has 1 amide bonds. The Morgan fingerprint density at radius 1 is 1.20 bits per heavy atom. The van der Waals surface area contributed by atoms with Crippen molar-refractivity contribution in [2.75, 3.05) is 13.1 Å². The van der Waals surface area contributed by atoms with E-state index in [2.05, 4.69) is 38.5 Å². The van der Waals surface area contributed by atoms with Gasteiger partial charge in [0.05, 0.1) is 11.1 Å². The zero-order valence-corrected chi connectivity index (χ0v) is 17.6. The van der Waals surface area contributed by atoms with Gasteiger partial charge in [-0.2, -0.15) is 0 Å². The third-order valence-corrected chi connectivity index (χ3v) is 6.46. The number of aromatic amines is 1. The molecule has 1 saturated heterocycles. The molecule has 0 spiro atoms. The molecule has 0 radical (unpaired) electrons. The predicted octanol–water partition coefficient (Wildman–Crippen LogP) is 3.66. The molecule has 3 aromatic rings. The number of pyridine rings is 1. The Morgan fingerprint density at radius 2 is 2.03 bits per heavy atom. The number of amides is 1. The van der Waals surface area contributed by atoms with Gasteiger partial charge < -0.3 is 14.5 Å². The molecule has 1 saturated carbocycles. The number of likely N-dealkylation sites (tertiary alicyclic amines) is 1. The van der Waals surface area contributed by atoms with Crippen LogP contribution in [-0.4, -0.2) is 38.4 Å². The highest BCUT2D eigenvalue weighted by Crippen LogP contribution is 2.33. The molecule has 1 aromatic carbocycles. The maximum atomic E-state index is 12.9. The fourth-order valence-corrected chi connectivity index (χ4v) is 4.83. The molecule has 6 heteroatoms. The minimum absolute atomic E-state index is 0.115. The summed E-state index contributed by atoms with van der Waals surface area (Å²) in [7, 11) is 0. The first-order valence-corrected chi connectivity index (χ1v) is 10.9. The first-order valence-electron chi connectivity index (χ1n) is 10.9. The van der Waals surface area contributed by atoms with Crippen LogP contribution in [0.2, 0.25) is 0 Å². The summed E-state index contributed by atoms with van der Waals surface area (Å²) in [5, 5.41) is 1.02. The van der Waals surface area contributed by atoms with Crippen LogP contribution in [0.3, 0.4) is 0 Å². The van der Waals surface area contributed by atoms with Gasteiger partial charge in [0.1, 0.15) is 5.82 Å². The second kappa shape index (κ2) is 7.42. The van der Waals surface area contributed by atoms with Crippen LogP contribution in [0, 0.1) is 25.7 Å². The molecule has 1 unspecified atom stereocenters. The molecule has 2 fully saturated rings. The van der Waals surface area contributed by atoms with Crippen LogP contribution in [-0.2, 0) is 11.3 Å². The van der Waals surface area contributed by atoms with E-state index in [-0.39, 0.29) is 11.5 Å². The molecule has 5 rings (SSSR count). The number of fused-ring (bicyclic) bond motifs is 1. The number of hydrogen-bond acceptors (Lipinski definition) is 3. The van der Waals surface area contributed by atoms with Crippen LogP contribution in [0.25, 0.3) is 22.3 Å². The summed E-state index contributed by atoms with van der Waals surface area (Å²) in [5.74, 6) is 1.69. The Labute approximate surface area is 175 Å². The third-order valence-electron chi connectivity index (χ3n) is 6.46. The van der Waals surface area contributed by atoms with Gasteiger partial charge in [-0.05, 0) is 68.5 Å². The van der Waals surface area contributed by atoms with Crippen molar-refractivity contribution in [1.82, 2.24) is 19.4 Å². The largest absolute Gasteiger partial charge is 0.342 e. The number of imidazole rings is 1. The number of carbonyl (C=O) groups excluding carboxylic acids is 1. The summed E-state index contributed by atoms with van der Waals surface area (Å²) in [6.45, 7) is 6.54. The van der Waals surface area contributed by atoms with Crippen LogP contribution in [0.4, 0.5) is 0 Å². The number of H-pyrrole nitrogens is 1. The molecule has 1 atom stereocenters. The number of carbonyl (C=O) groups is 1. The lowest BCUT2D eigenvalue weighted by molar-refractivity contribution is -0.134. The summed E-state index contributed by atoms with van der Waals surface area (Å²) in [4.78, 5) is 35.0. The van der Waals surface area contributed by atoms with E-state index in [1.165, 1.54) is 5.56 Å². The van der Waals surface area contributed by atoms with Crippen LogP contribution >= 0.6 is 0 Å². The number of aryl methyl sites for hydroxylation is 2. The van der Waals surface area contributed by atoms with Gasteiger partial charge in [-0.1, -0.05) is 11.6 Å². The normalized spacial score (nSPS) is 19.4. The summed E-state index contributed by atoms with van der Waals surface area (Å²) in [6, 6.07) is 6.13. The number of aromatic nitrogens is 3. The SMILES string of the molecule is Cc1cc(C)c2[nH]c(=O)c(-c3nccn3CC3CCCN(C(=O)C4CC4)C3)cc2c1. The summed E-state index contributed by atoms with van der Waals surface area (Å²) in [6.07, 6.45) is 7.95. The van der Waals surface area contributed by atoms with Gasteiger partial charge in [0.2, 0.25) is 5.91 Å². The Morgan fingerprint density at radius 3 is 2.83 bits per heavy atom. The lowest BCUT2D eigenvalue weighted by Gasteiger charge is -2.33. The van der Waals surface area contributed by atoms with Crippen molar-refractivity contribution in [2.24, 2.45) is 11.8 Å². The average molecular weight is 405 g/mol. The molecule has 3 heterocycles. The Bertz CT molecular complexity index is 1170. The van der Waals surface area contributed by atoms with E-state index in [1.807, 2.05) is 19.2 Å². The van der Waals surface area contributed by atoms with Crippen LogP contribution in [0.5, 0.6) is 0 Å². The first-order chi connectivity index (χ1) is 14.5. The summed E-state index contributed by atoms with van der Waals surface area (Å²) >= 11 is 0. The minimum Gasteiger partial charge on any atom is -0.342 e. The maximum Gasteiger partial charge on any atom is 0.259 e. The number of nitrogens with zero attached hydrogens (tertiary/aromatic N) is 3. The first kappa shape index (κ1) is 19.1. The zero-order valence-electron chi connectivity index (χ0n) is 17.6. The van der Waals surface area contributed by atoms with Gasteiger partial charge in [-0.25, -0.2) is 4.98 Å². The smallest absolute Gasteiger partial charge is 0.259 e. The van der Waals surface area contributed by atoms with E-state index in [0.29, 0.717) is 23.2 Å². The number of hydrogen-bond donors (Lipinski definition) is 1. The highest BCUT2D eigenvalue weighted by molar-refractivity contribution is 5.85. The molecule has 2 aliphatic rings. The van der Waals surface area contributed by atoms with Crippen LogP contribution < -0.4 is 5.56 Å². The van der Waals surface area contributed by atoms with E-state index in [9.17, 15) is 9.59 Å². The second-order valence-corrected chi connectivity index (χ2v) is 9.03. The molecular weight excluding hydrogens is 376 g/mol. The van der Waals surface area contributed by atoms with Crippen molar-refractivity contribution >= 4 is 16.8 Å². The van der Waals surface area contributed by atoms with Gasteiger partial charge in [0.15, 0.2) is 0 Å². The van der Waals surface area contributed by atoms with Gasteiger partial charge >= 0.3 is 0 Å². The fourth-order valence-electron chi connectivity index (χ4n) is 4.83. The molecule has 30 heavy (non-hydrogen) atoms. The maximum absolute atomic E-state index is 12.9. The summed E-state index contributed by atoms with van der Waals surface area (Å²) < 4.78 is 2.08. The van der Waals surface area contributed by atoms with E-state index in [4.69, 9.17) is 0 Å². The second-order valence-electron chi connectivity index (χ2n) is 9.03. The van der Waals surface area contributed by atoms with Gasteiger partial charge in [-0.15, -0.1) is 0 Å². The van der Waals surface area contributed by atoms with E-state index in [0.717, 1.165) is 61.8 Å². The number of piperidine rings is 1. The van der Waals surface area contributed by atoms with Crippen molar-refractivity contribution < 1.29 is 4.79 Å². The molecule has 2 aromatic heterocycles. The Kier molecular flexibility index (Phi) is 4.72. The highest BCUT2D eigenvalue weighted by Gasteiger charge is 2.35. The molecule has 1 aliphatic heterocycles.